The van der Waals surface area contributed by atoms with Crippen molar-refractivity contribution < 1.29 is 9.50 Å². The first kappa shape index (κ1) is 9.16. The Bertz CT molecular complexity index is 275. The lowest BCUT2D eigenvalue weighted by Crippen LogP contribution is -2.13. The molecule has 1 aromatic carbocycles. The van der Waals surface area contributed by atoms with Crippen LogP contribution in [0.4, 0.5) is 4.39 Å². The van der Waals surface area contributed by atoms with Gasteiger partial charge in [-0.05, 0) is 24.1 Å². The largest absolute Gasteiger partial charge is 0.387 e. The van der Waals surface area contributed by atoms with Gasteiger partial charge in [0.15, 0.2) is 0 Å². The van der Waals surface area contributed by atoms with Crippen LogP contribution in [0.1, 0.15) is 17.2 Å². The first-order valence-electron chi connectivity index (χ1n) is 3.80. The fourth-order valence-electron chi connectivity index (χ4n) is 1.11. The quantitative estimate of drug-likeness (QED) is 0.697. The van der Waals surface area contributed by atoms with E-state index in [1.54, 1.807) is 19.1 Å². The molecule has 0 aliphatic heterocycles. The summed E-state index contributed by atoms with van der Waals surface area (Å²) in [5, 5.41) is 9.34. The van der Waals surface area contributed by atoms with Crippen LogP contribution in [0, 0.1) is 12.7 Å². The van der Waals surface area contributed by atoms with E-state index in [9.17, 15) is 9.50 Å². The second-order valence-corrected chi connectivity index (χ2v) is 2.71. The van der Waals surface area contributed by atoms with Gasteiger partial charge in [-0.25, -0.2) is 4.39 Å². The molecule has 0 aliphatic carbocycles. The summed E-state index contributed by atoms with van der Waals surface area (Å²) in [6, 6.07) is 4.61. The number of benzene rings is 1. The molecule has 0 fully saturated rings. The van der Waals surface area contributed by atoms with Crippen molar-refractivity contribution in [3.63, 3.8) is 0 Å². The molecule has 12 heavy (non-hydrogen) atoms. The van der Waals surface area contributed by atoms with Gasteiger partial charge in [-0.2, -0.15) is 0 Å². The highest BCUT2D eigenvalue weighted by atomic mass is 19.1. The molecule has 0 spiro atoms. The number of aliphatic hydroxyl groups excluding tert-OH is 1. The van der Waals surface area contributed by atoms with Crippen LogP contribution in [0.15, 0.2) is 18.2 Å². The minimum Gasteiger partial charge on any atom is -0.387 e. The third-order valence-electron chi connectivity index (χ3n) is 1.89. The van der Waals surface area contributed by atoms with Crippen LogP contribution in [0.5, 0.6) is 0 Å². The van der Waals surface area contributed by atoms with Gasteiger partial charge in [0.25, 0.3) is 0 Å². The first-order valence-corrected chi connectivity index (χ1v) is 3.80. The molecule has 0 amide bonds. The Labute approximate surface area is 70.8 Å². The fraction of sp³-hybridized carbons (Fsp3) is 0.333. The van der Waals surface area contributed by atoms with E-state index in [-0.39, 0.29) is 12.4 Å². The molecule has 0 saturated heterocycles. The molecule has 0 bridgehead atoms. The Morgan fingerprint density at radius 3 is 2.83 bits per heavy atom. The Kier molecular flexibility index (Phi) is 2.78. The zero-order valence-corrected chi connectivity index (χ0v) is 6.92. The minimum atomic E-state index is -0.763. The van der Waals surface area contributed by atoms with Crippen molar-refractivity contribution >= 4 is 0 Å². The third-order valence-corrected chi connectivity index (χ3v) is 1.89. The van der Waals surface area contributed by atoms with Gasteiger partial charge in [-0.3, -0.25) is 0 Å². The maximum atomic E-state index is 12.9. The van der Waals surface area contributed by atoms with Crippen LogP contribution in [0.25, 0.3) is 0 Å². The smallest absolute Gasteiger partial charge is 0.126 e. The zero-order valence-electron chi connectivity index (χ0n) is 6.92. The van der Waals surface area contributed by atoms with Gasteiger partial charge in [-0.1, -0.05) is 12.1 Å². The van der Waals surface area contributed by atoms with Gasteiger partial charge in [0, 0.05) is 6.54 Å². The Balaban J connectivity index is 3.07. The molecular weight excluding hydrogens is 157 g/mol. The van der Waals surface area contributed by atoms with Gasteiger partial charge < -0.3 is 10.8 Å². The number of rotatable bonds is 2. The van der Waals surface area contributed by atoms with Crippen LogP contribution >= 0.6 is 0 Å². The first-order chi connectivity index (χ1) is 5.66. The summed E-state index contributed by atoms with van der Waals surface area (Å²) >= 11 is 0. The van der Waals surface area contributed by atoms with Crippen LogP contribution in [0.3, 0.4) is 0 Å². The lowest BCUT2D eigenvalue weighted by Gasteiger charge is -2.11. The molecule has 0 aromatic heterocycles. The average Bonchev–Trinajstić information content (AvgIpc) is 2.08. The lowest BCUT2D eigenvalue weighted by molar-refractivity contribution is 0.185. The molecule has 66 valence electrons. The van der Waals surface area contributed by atoms with Crippen molar-refractivity contribution in [3.8, 4) is 0 Å². The van der Waals surface area contributed by atoms with E-state index in [1.807, 2.05) is 0 Å². The van der Waals surface area contributed by atoms with Crippen molar-refractivity contribution in [2.75, 3.05) is 6.54 Å². The number of hydrogen-bond donors (Lipinski definition) is 2. The van der Waals surface area contributed by atoms with Gasteiger partial charge >= 0.3 is 0 Å². The molecule has 0 saturated carbocycles. The molecular formula is C9H12FNO. The van der Waals surface area contributed by atoms with Crippen molar-refractivity contribution in [1.82, 2.24) is 0 Å². The van der Waals surface area contributed by atoms with E-state index in [2.05, 4.69) is 0 Å². The molecule has 0 unspecified atom stereocenters. The van der Waals surface area contributed by atoms with Gasteiger partial charge in [0.2, 0.25) is 0 Å². The van der Waals surface area contributed by atoms with Crippen molar-refractivity contribution in [3.05, 3.63) is 35.1 Å². The highest BCUT2D eigenvalue weighted by Crippen LogP contribution is 2.18. The summed E-state index contributed by atoms with van der Waals surface area (Å²) < 4.78 is 12.9. The SMILES string of the molecule is Cc1c(F)cccc1[C@@H](O)CN. The normalized spacial score (nSPS) is 13.0. The predicted octanol–water partition coefficient (Wildman–Crippen LogP) is 1.13. The summed E-state index contributed by atoms with van der Waals surface area (Å²) in [4.78, 5) is 0. The maximum Gasteiger partial charge on any atom is 0.126 e. The number of halogens is 1. The van der Waals surface area contributed by atoms with Gasteiger partial charge in [-0.15, -0.1) is 0 Å². The molecule has 3 heteroatoms. The molecule has 0 heterocycles. The van der Waals surface area contributed by atoms with Crippen LogP contribution in [-0.2, 0) is 0 Å². The predicted molar refractivity (Wildman–Crippen MR) is 45.2 cm³/mol. The van der Waals surface area contributed by atoms with Gasteiger partial charge in [0.05, 0.1) is 6.10 Å². The van der Waals surface area contributed by atoms with Gasteiger partial charge in [0.1, 0.15) is 5.82 Å². The molecule has 2 nitrogen and oxygen atoms in total. The maximum absolute atomic E-state index is 12.9. The molecule has 0 radical (unpaired) electrons. The number of nitrogens with two attached hydrogens (primary N) is 1. The molecule has 1 atom stereocenters. The Hall–Kier alpha value is -0.930. The summed E-state index contributed by atoms with van der Waals surface area (Å²) in [6.07, 6.45) is -0.763. The summed E-state index contributed by atoms with van der Waals surface area (Å²) in [5.41, 5.74) is 6.29. The van der Waals surface area contributed by atoms with Crippen molar-refractivity contribution in [1.29, 1.82) is 0 Å². The van der Waals surface area contributed by atoms with Crippen molar-refractivity contribution in [2.24, 2.45) is 5.73 Å². The Morgan fingerprint density at radius 1 is 1.58 bits per heavy atom. The third kappa shape index (κ3) is 1.62. The average molecular weight is 169 g/mol. The molecule has 1 aromatic rings. The zero-order chi connectivity index (χ0) is 9.14. The molecule has 0 aliphatic rings. The van der Waals surface area contributed by atoms with Crippen molar-refractivity contribution in [2.45, 2.75) is 13.0 Å². The number of hydrogen-bond acceptors (Lipinski definition) is 2. The van der Waals surface area contributed by atoms with E-state index in [0.717, 1.165) is 0 Å². The lowest BCUT2D eigenvalue weighted by atomic mass is 10.0. The van der Waals surface area contributed by atoms with E-state index in [4.69, 9.17) is 5.73 Å². The highest BCUT2D eigenvalue weighted by Gasteiger charge is 2.10. The summed E-state index contributed by atoms with van der Waals surface area (Å²) in [5.74, 6) is -0.306. The summed E-state index contributed by atoms with van der Waals surface area (Å²) in [7, 11) is 0. The monoisotopic (exact) mass is 169 g/mol. The van der Waals surface area contributed by atoms with E-state index in [1.165, 1.54) is 6.07 Å². The van der Waals surface area contributed by atoms with E-state index >= 15 is 0 Å². The minimum absolute atomic E-state index is 0.115. The van der Waals surface area contributed by atoms with E-state index < -0.39 is 6.10 Å². The van der Waals surface area contributed by atoms with Crippen LogP contribution in [0.2, 0.25) is 0 Å². The Morgan fingerprint density at radius 2 is 2.25 bits per heavy atom. The second-order valence-electron chi connectivity index (χ2n) is 2.71. The standard InChI is InChI=1S/C9H12FNO/c1-6-7(9(12)5-11)3-2-4-8(6)10/h2-4,9,12H,5,11H2,1H3/t9-/m0/s1. The van der Waals surface area contributed by atoms with E-state index in [0.29, 0.717) is 11.1 Å². The summed E-state index contributed by atoms with van der Waals surface area (Å²) in [6.45, 7) is 1.74. The number of aliphatic hydroxyl groups is 1. The molecule has 1 rings (SSSR count). The van der Waals surface area contributed by atoms with Crippen LogP contribution < -0.4 is 5.73 Å². The fourth-order valence-corrected chi connectivity index (χ4v) is 1.11. The highest BCUT2D eigenvalue weighted by molar-refractivity contribution is 5.29. The van der Waals surface area contributed by atoms with Crippen LogP contribution in [-0.4, -0.2) is 11.7 Å². The second kappa shape index (κ2) is 3.65. The topological polar surface area (TPSA) is 46.2 Å². The molecule has 3 N–H and O–H groups in total.